The highest BCUT2D eigenvalue weighted by Gasteiger charge is 2.47. The van der Waals surface area contributed by atoms with Crippen molar-refractivity contribution < 1.29 is 18.7 Å². The van der Waals surface area contributed by atoms with E-state index in [2.05, 4.69) is 19.2 Å². The number of amides is 2. The third-order valence-corrected chi connectivity index (χ3v) is 5.75. The molecule has 2 aromatic rings. The number of nitrogens with one attached hydrogen (secondary N) is 1. The molecule has 170 valence electrons. The Balaban J connectivity index is 1.88. The minimum atomic E-state index is -1.00. The Labute approximate surface area is 184 Å². The number of rotatable bonds is 10. The lowest BCUT2D eigenvalue weighted by atomic mass is 9.94. The number of hydrogen-bond acceptors (Lipinski definition) is 4. The minimum absolute atomic E-state index is 0.129. The summed E-state index contributed by atoms with van der Waals surface area (Å²) in [6.07, 6.45) is 3.31. The van der Waals surface area contributed by atoms with Gasteiger partial charge < -0.3 is 23.9 Å². The molecular weight excluding hydrogens is 394 g/mol. The van der Waals surface area contributed by atoms with Crippen LogP contribution in [-0.2, 0) is 16.1 Å². The van der Waals surface area contributed by atoms with E-state index in [0.717, 1.165) is 12.1 Å². The predicted octanol–water partition coefficient (Wildman–Crippen LogP) is 3.94. The molecule has 0 unspecified atom stereocenters. The summed E-state index contributed by atoms with van der Waals surface area (Å²) in [4.78, 5) is 28.5. The Kier molecular flexibility index (Phi) is 7.26. The van der Waals surface area contributed by atoms with Gasteiger partial charge in [0.05, 0.1) is 24.6 Å². The molecule has 0 fully saturated rings. The van der Waals surface area contributed by atoms with Crippen molar-refractivity contribution in [3.8, 4) is 11.5 Å². The third kappa shape index (κ3) is 5.03. The van der Waals surface area contributed by atoms with Crippen molar-refractivity contribution in [2.45, 2.75) is 65.6 Å². The quantitative estimate of drug-likeness (QED) is 0.581. The molecule has 7 heteroatoms. The molecule has 0 aliphatic carbocycles. The van der Waals surface area contributed by atoms with Gasteiger partial charge in [0, 0.05) is 19.7 Å². The van der Waals surface area contributed by atoms with Crippen LogP contribution >= 0.6 is 0 Å². The predicted molar refractivity (Wildman–Crippen MR) is 120 cm³/mol. The van der Waals surface area contributed by atoms with Crippen LogP contribution in [0.15, 0.2) is 34.9 Å². The van der Waals surface area contributed by atoms with Crippen LogP contribution in [-0.4, -0.2) is 52.6 Å². The smallest absolute Gasteiger partial charge is 0.271 e. The van der Waals surface area contributed by atoms with Gasteiger partial charge in [0.15, 0.2) is 0 Å². The van der Waals surface area contributed by atoms with Crippen molar-refractivity contribution in [1.82, 2.24) is 14.8 Å². The number of nitrogens with zero attached hydrogens (tertiary/aromatic N) is 2. The van der Waals surface area contributed by atoms with Gasteiger partial charge in [0.25, 0.3) is 5.91 Å². The molecule has 0 saturated carbocycles. The van der Waals surface area contributed by atoms with Crippen molar-refractivity contribution in [3.05, 3.63) is 36.2 Å². The van der Waals surface area contributed by atoms with E-state index in [1.807, 2.05) is 49.6 Å². The molecule has 1 N–H and O–H groups in total. The van der Waals surface area contributed by atoms with Crippen molar-refractivity contribution in [2.75, 3.05) is 19.7 Å². The summed E-state index contributed by atoms with van der Waals surface area (Å²) in [6, 6.07) is 7.38. The van der Waals surface area contributed by atoms with Crippen LogP contribution in [0.25, 0.3) is 11.5 Å². The zero-order chi connectivity index (χ0) is 22.6. The molecule has 31 heavy (non-hydrogen) atoms. The summed E-state index contributed by atoms with van der Waals surface area (Å²) in [5.74, 6) is 0.901. The summed E-state index contributed by atoms with van der Waals surface area (Å²) < 4.78 is 13.1. The van der Waals surface area contributed by atoms with E-state index in [1.165, 1.54) is 0 Å². The van der Waals surface area contributed by atoms with Crippen molar-refractivity contribution in [2.24, 2.45) is 5.92 Å². The molecule has 0 saturated heterocycles. The fraction of sp³-hybridized carbons (Fsp3) is 0.583. The van der Waals surface area contributed by atoms with Gasteiger partial charge in [-0.25, -0.2) is 0 Å². The SMILES string of the molecule is CC(C)CCNC(=O)[C@]1(C)Cn2c(ccc2-c2ccco2)C(=O)N1CCCOC(C)C. The maximum Gasteiger partial charge on any atom is 0.271 e. The van der Waals surface area contributed by atoms with E-state index in [9.17, 15) is 9.59 Å². The number of carbonyl (C=O) groups is 2. The second-order valence-electron chi connectivity index (χ2n) is 9.11. The fourth-order valence-electron chi connectivity index (χ4n) is 3.97. The molecule has 3 heterocycles. The van der Waals surface area contributed by atoms with Crippen LogP contribution < -0.4 is 5.32 Å². The Hall–Kier alpha value is -2.54. The van der Waals surface area contributed by atoms with Crippen molar-refractivity contribution in [1.29, 1.82) is 0 Å². The molecular formula is C24H35N3O4. The first-order valence-corrected chi connectivity index (χ1v) is 11.2. The third-order valence-electron chi connectivity index (χ3n) is 5.75. The molecule has 1 aliphatic heterocycles. The molecule has 1 aliphatic rings. The van der Waals surface area contributed by atoms with Crippen LogP contribution in [0.4, 0.5) is 0 Å². The van der Waals surface area contributed by atoms with Gasteiger partial charge in [0.1, 0.15) is 17.0 Å². The van der Waals surface area contributed by atoms with Gasteiger partial charge >= 0.3 is 0 Å². The van der Waals surface area contributed by atoms with E-state index in [0.29, 0.717) is 50.0 Å². The van der Waals surface area contributed by atoms with Crippen LogP contribution in [0.3, 0.4) is 0 Å². The number of fused-ring (bicyclic) bond motifs is 1. The zero-order valence-electron chi connectivity index (χ0n) is 19.3. The number of ether oxygens (including phenoxy) is 1. The van der Waals surface area contributed by atoms with Gasteiger partial charge in [-0.05, 0) is 63.8 Å². The lowest BCUT2D eigenvalue weighted by molar-refractivity contribution is -0.133. The number of carbonyl (C=O) groups excluding carboxylic acids is 2. The van der Waals surface area contributed by atoms with Gasteiger partial charge in [-0.2, -0.15) is 0 Å². The number of furan rings is 1. The van der Waals surface area contributed by atoms with E-state index >= 15 is 0 Å². The lowest BCUT2D eigenvalue weighted by Gasteiger charge is -2.44. The van der Waals surface area contributed by atoms with Gasteiger partial charge in [-0.15, -0.1) is 0 Å². The van der Waals surface area contributed by atoms with Crippen molar-refractivity contribution in [3.63, 3.8) is 0 Å². The largest absolute Gasteiger partial charge is 0.463 e. The normalized spacial score (nSPS) is 18.7. The van der Waals surface area contributed by atoms with Gasteiger partial charge in [-0.1, -0.05) is 13.8 Å². The Morgan fingerprint density at radius 2 is 1.97 bits per heavy atom. The Bertz CT molecular complexity index is 885. The Morgan fingerprint density at radius 3 is 2.61 bits per heavy atom. The summed E-state index contributed by atoms with van der Waals surface area (Å²) in [5, 5.41) is 3.06. The second kappa shape index (κ2) is 9.73. The standard InChI is InChI=1S/C24H35N3O4/c1-17(2)11-12-25-23(29)24(5)16-26-19(21-8-6-14-31-21)9-10-20(26)22(28)27(24)13-7-15-30-18(3)4/h6,8-10,14,17-18H,7,11-13,15-16H2,1-5H3,(H,25,29)/t24-/m0/s1. The van der Waals surface area contributed by atoms with Crippen LogP contribution in [0.1, 0.15) is 57.9 Å². The maximum absolute atomic E-state index is 13.5. The van der Waals surface area contributed by atoms with Crippen LogP contribution in [0, 0.1) is 5.92 Å². The second-order valence-corrected chi connectivity index (χ2v) is 9.11. The van der Waals surface area contributed by atoms with Gasteiger partial charge in [-0.3, -0.25) is 9.59 Å². The number of hydrogen-bond donors (Lipinski definition) is 1. The molecule has 2 aromatic heterocycles. The molecule has 7 nitrogen and oxygen atoms in total. The average Bonchev–Trinajstić information content (AvgIpc) is 3.36. The first-order valence-electron chi connectivity index (χ1n) is 11.2. The highest BCUT2D eigenvalue weighted by atomic mass is 16.5. The fourth-order valence-corrected chi connectivity index (χ4v) is 3.97. The molecule has 2 amide bonds. The summed E-state index contributed by atoms with van der Waals surface area (Å²) in [7, 11) is 0. The highest BCUT2D eigenvalue weighted by molar-refractivity contribution is 6.00. The first kappa shape index (κ1) is 23.1. The lowest BCUT2D eigenvalue weighted by Crippen LogP contribution is -2.64. The zero-order valence-corrected chi connectivity index (χ0v) is 19.3. The number of aromatic nitrogens is 1. The topological polar surface area (TPSA) is 76.7 Å². The molecule has 3 rings (SSSR count). The summed E-state index contributed by atoms with van der Waals surface area (Å²) in [5.41, 5.74) is 0.375. The van der Waals surface area contributed by atoms with Crippen LogP contribution in [0.5, 0.6) is 0 Å². The Morgan fingerprint density at radius 1 is 1.23 bits per heavy atom. The molecule has 0 spiro atoms. The average molecular weight is 430 g/mol. The molecule has 0 radical (unpaired) electrons. The first-order chi connectivity index (χ1) is 14.7. The van der Waals surface area contributed by atoms with E-state index in [4.69, 9.17) is 9.15 Å². The molecule has 1 atom stereocenters. The molecule has 0 bridgehead atoms. The van der Waals surface area contributed by atoms with Gasteiger partial charge in [0.2, 0.25) is 5.91 Å². The van der Waals surface area contributed by atoms with Crippen molar-refractivity contribution >= 4 is 11.8 Å². The highest BCUT2D eigenvalue weighted by Crippen LogP contribution is 2.33. The van der Waals surface area contributed by atoms with Crippen LogP contribution in [0.2, 0.25) is 0 Å². The van der Waals surface area contributed by atoms with E-state index in [1.54, 1.807) is 11.2 Å². The van der Waals surface area contributed by atoms with E-state index in [-0.39, 0.29) is 17.9 Å². The summed E-state index contributed by atoms with van der Waals surface area (Å²) >= 11 is 0. The maximum atomic E-state index is 13.5. The monoisotopic (exact) mass is 429 g/mol. The summed E-state index contributed by atoms with van der Waals surface area (Å²) in [6.45, 7) is 12.0. The molecule has 0 aromatic carbocycles. The minimum Gasteiger partial charge on any atom is -0.463 e. The van der Waals surface area contributed by atoms with E-state index < -0.39 is 5.54 Å².